The molecule has 4 N–H and O–H groups in total. The molecule has 0 aliphatic carbocycles. The van der Waals surface area contributed by atoms with Gasteiger partial charge >= 0.3 is 0 Å². The van der Waals surface area contributed by atoms with Crippen molar-refractivity contribution in [3.63, 3.8) is 0 Å². The van der Waals surface area contributed by atoms with Crippen molar-refractivity contribution >= 4 is 22.5 Å². The second-order valence-electron chi connectivity index (χ2n) is 9.71. The van der Waals surface area contributed by atoms with Crippen LogP contribution in [-0.4, -0.2) is 73.3 Å². The largest absolute Gasteiger partial charge is 0.393 e. The fourth-order valence-corrected chi connectivity index (χ4v) is 4.69. The molecule has 0 bridgehead atoms. The topological polar surface area (TPSA) is 116 Å². The van der Waals surface area contributed by atoms with Gasteiger partial charge < -0.3 is 34.8 Å². The molecule has 5 rings (SSSR count). The monoisotopic (exact) mass is 489 g/mol. The molecule has 9 heteroatoms. The molecule has 0 unspecified atom stereocenters. The lowest BCUT2D eigenvalue weighted by Crippen LogP contribution is -2.43. The van der Waals surface area contributed by atoms with Crippen LogP contribution >= 0.6 is 0 Å². The van der Waals surface area contributed by atoms with Gasteiger partial charge in [0.1, 0.15) is 35.6 Å². The number of nitrogens with one attached hydrogen (secondary N) is 1. The molecule has 4 aromatic rings. The van der Waals surface area contributed by atoms with E-state index in [2.05, 4.69) is 32.3 Å². The lowest BCUT2D eigenvalue weighted by Gasteiger charge is -2.24. The third-order valence-corrected chi connectivity index (χ3v) is 6.63. The minimum absolute atomic E-state index is 0.432. The van der Waals surface area contributed by atoms with Crippen LogP contribution in [0.3, 0.4) is 0 Å². The van der Waals surface area contributed by atoms with Gasteiger partial charge in [0.25, 0.3) is 0 Å². The summed E-state index contributed by atoms with van der Waals surface area (Å²) in [5, 5.41) is 35.4. The molecule has 0 saturated carbocycles. The van der Waals surface area contributed by atoms with Gasteiger partial charge in [0.2, 0.25) is 0 Å². The molecule has 0 amide bonds. The van der Waals surface area contributed by atoms with E-state index in [1.807, 2.05) is 62.8 Å². The Morgan fingerprint density at radius 3 is 2.42 bits per heavy atom. The highest BCUT2D eigenvalue weighted by atomic mass is 16.6. The lowest BCUT2D eigenvalue weighted by atomic mass is 9.99. The zero-order chi connectivity index (χ0) is 25.4. The summed E-state index contributed by atoms with van der Waals surface area (Å²) in [6, 6.07) is 18.0. The molecule has 1 fully saturated rings. The molecule has 4 atom stereocenters. The number of nitrogens with zero attached hydrogens (tertiary/aromatic N) is 4. The highest BCUT2D eigenvalue weighted by molar-refractivity contribution is 6.02. The Morgan fingerprint density at radius 2 is 1.78 bits per heavy atom. The van der Waals surface area contributed by atoms with Crippen LogP contribution in [-0.2, 0) is 11.3 Å². The van der Waals surface area contributed by atoms with Crippen LogP contribution in [0.25, 0.3) is 22.2 Å². The van der Waals surface area contributed by atoms with E-state index in [1.165, 1.54) is 11.9 Å². The number of aliphatic hydroxyl groups excluding tert-OH is 3. The maximum Gasteiger partial charge on any atom is 0.164 e. The van der Waals surface area contributed by atoms with Gasteiger partial charge in [-0.1, -0.05) is 42.5 Å². The van der Waals surface area contributed by atoms with Gasteiger partial charge in [0.15, 0.2) is 6.23 Å². The zero-order valence-electron chi connectivity index (χ0n) is 20.5. The predicted octanol–water partition coefficient (Wildman–Crippen LogP) is 2.91. The second kappa shape index (κ2) is 9.61. The number of fused-ring (bicyclic) bond motifs is 1. The molecular formula is C27H31N5O4. The van der Waals surface area contributed by atoms with Gasteiger partial charge in [-0.3, -0.25) is 0 Å². The van der Waals surface area contributed by atoms with E-state index in [0.717, 1.165) is 28.7 Å². The third-order valence-electron chi connectivity index (χ3n) is 6.63. The maximum atomic E-state index is 10.8. The summed E-state index contributed by atoms with van der Waals surface area (Å²) >= 11 is 0. The average Bonchev–Trinajstić information content (AvgIpc) is 3.38. The summed E-state index contributed by atoms with van der Waals surface area (Å²) in [7, 11) is 4.07. The molecular weight excluding hydrogens is 458 g/mol. The van der Waals surface area contributed by atoms with E-state index in [9.17, 15) is 15.3 Å². The van der Waals surface area contributed by atoms with E-state index < -0.39 is 30.6 Å². The number of rotatable bonds is 7. The molecule has 0 spiro atoms. The molecule has 2 aromatic heterocycles. The van der Waals surface area contributed by atoms with Crippen LogP contribution in [0.4, 0.5) is 11.5 Å². The molecule has 1 aliphatic rings. The Hall–Kier alpha value is -3.34. The SMILES string of the molecule is CN(C)Cc1ccc(Nc2ncnc3c2c(-c2ccccc2)cn3[C@@H]2O[C@](C)(CO)[C@H](O)[C@@H]2O)cc1. The van der Waals surface area contributed by atoms with E-state index in [0.29, 0.717) is 11.5 Å². The first-order valence-corrected chi connectivity index (χ1v) is 11.9. The van der Waals surface area contributed by atoms with Crippen molar-refractivity contribution in [1.82, 2.24) is 19.4 Å². The number of benzene rings is 2. The molecule has 0 radical (unpaired) electrons. The number of hydrogen-bond donors (Lipinski definition) is 4. The van der Waals surface area contributed by atoms with Crippen molar-refractivity contribution in [3.05, 3.63) is 72.7 Å². The third kappa shape index (κ3) is 4.36. The van der Waals surface area contributed by atoms with Crippen LogP contribution in [0.5, 0.6) is 0 Å². The van der Waals surface area contributed by atoms with Crippen LogP contribution in [0.15, 0.2) is 67.1 Å². The molecule has 9 nitrogen and oxygen atoms in total. The molecule has 1 aliphatic heterocycles. The summed E-state index contributed by atoms with van der Waals surface area (Å²) in [6.45, 7) is 1.99. The van der Waals surface area contributed by atoms with Crippen molar-refractivity contribution < 1.29 is 20.1 Å². The van der Waals surface area contributed by atoms with Crippen molar-refractivity contribution in [2.75, 3.05) is 26.0 Å². The number of aliphatic hydroxyl groups is 3. The van der Waals surface area contributed by atoms with Gasteiger partial charge in [0.05, 0.1) is 12.0 Å². The Morgan fingerprint density at radius 1 is 1.06 bits per heavy atom. The Labute approximate surface area is 209 Å². The predicted molar refractivity (Wildman–Crippen MR) is 138 cm³/mol. The van der Waals surface area contributed by atoms with Gasteiger partial charge in [-0.2, -0.15) is 0 Å². The molecule has 188 valence electrons. The minimum Gasteiger partial charge on any atom is -0.393 e. The standard InChI is InChI=1S/C27H31N5O4/c1-27(15-33)23(35)22(34)26(36-27)32-14-20(18-7-5-4-6-8-18)21-24(28-16-29-25(21)32)30-19-11-9-17(10-12-19)13-31(2)3/h4-12,14,16,22-23,26,33-35H,13,15H2,1-3H3,(H,28,29,30)/t22-,23+,26+,27+/m0/s1. The molecule has 1 saturated heterocycles. The van der Waals surface area contributed by atoms with Gasteiger partial charge in [-0.15, -0.1) is 0 Å². The Kier molecular flexibility index (Phi) is 6.50. The number of hydrogen-bond acceptors (Lipinski definition) is 8. The Bertz CT molecular complexity index is 1340. The van der Waals surface area contributed by atoms with E-state index in [1.54, 1.807) is 11.5 Å². The minimum atomic E-state index is -1.30. The van der Waals surface area contributed by atoms with Crippen molar-refractivity contribution in [3.8, 4) is 11.1 Å². The normalized spacial score (nSPS) is 24.0. The van der Waals surface area contributed by atoms with Crippen LogP contribution in [0.1, 0.15) is 18.7 Å². The summed E-state index contributed by atoms with van der Waals surface area (Å²) in [5.41, 5.74) is 3.11. The van der Waals surface area contributed by atoms with Crippen molar-refractivity contribution in [1.29, 1.82) is 0 Å². The highest BCUT2D eigenvalue weighted by Crippen LogP contribution is 2.42. The summed E-state index contributed by atoms with van der Waals surface area (Å²) < 4.78 is 7.70. The molecule has 3 heterocycles. The van der Waals surface area contributed by atoms with E-state index in [-0.39, 0.29) is 0 Å². The number of ether oxygens (including phenoxy) is 1. The summed E-state index contributed by atoms with van der Waals surface area (Å²) in [4.78, 5) is 11.2. The fraction of sp³-hybridized carbons (Fsp3) is 0.333. The maximum absolute atomic E-state index is 10.8. The fourth-order valence-electron chi connectivity index (χ4n) is 4.69. The highest BCUT2D eigenvalue weighted by Gasteiger charge is 2.52. The smallest absolute Gasteiger partial charge is 0.164 e. The van der Waals surface area contributed by atoms with Gasteiger partial charge in [0, 0.05) is 24.0 Å². The van der Waals surface area contributed by atoms with Gasteiger partial charge in [-0.25, -0.2) is 9.97 Å². The van der Waals surface area contributed by atoms with Gasteiger partial charge in [-0.05, 0) is 44.3 Å². The molecule has 36 heavy (non-hydrogen) atoms. The van der Waals surface area contributed by atoms with Crippen molar-refractivity contribution in [2.45, 2.75) is 37.5 Å². The zero-order valence-corrected chi connectivity index (χ0v) is 20.5. The number of aromatic nitrogens is 3. The van der Waals surface area contributed by atoms with Crippen LogP contribution in [0, 0.1) is 0 Å². The average molecular weight is 490 g/mol. The Balaban J connectivity index is 1.61. The first-order valence-electron chi connectivity index (χ1n) is 11.9. The molecule has 2 aromatic carbocycles. The number of anilines is 2. The van der Waals surface area contributed by atoms with Crippen LogP contribution in [0.2, 0.25) is 0 Å². The summed E-state index contributed by atoms with van der Waals surface area (Å²) in [6.07, 6.45) is -0.143. The lowest BCUT2D eigenvalue weighted by molar-refractivity contribution is -0.115. The van der Waals surface area contributed by atoms with E-state index in [4.69, 9.17) is 4.74 Å². The first kappa shape index (κ1) is 24.4. The second-order valence-corrected chi connectivity index (χ2v) is 9.71. The quantitative estimate of drug-likeness (QED) is 0.313. The first-order chi connectivity index (χ1) is 17.3. The summed E-state index contributed by atoms with van der Waals surface area (Å²) in [5.74, 6) is 0.607. The van der Waals surface area contributed by atoms with Crippen molar-refractivity contribution in [2.24, 2.45) is 0 Å². The van der Waals surface area contributed by atoms with Crippen LogP contribution < -0.4 is 5.32 Å². The van der Waals surface area contributed by atoms with E-state index >= 15 is 0 Å².